The van der Waals surface area contributed by atoms with Gasteiger partial charge >= 0.3 is 0 Å². The minimum atomic E-state index is 0.660. The summed E-state index contributed by atoms with van der Waals surface area (Å²) in [5.74, 6) is 3.00. The molecular formula is C83H106N10O6S5. The Labute approximate surface area is 638 Å². The molecule has 15 aromatic rings. The Morgan fingerprint density at radius 2 is 0.875 bits per heavy atom. The maximum absolute atomic E-state index is 5.16. The van der Waals surface area contributed by atoms with Crippen LogP contribution in [0.15, 0.2) is 319 Å². The highest BCUT2D eigenvalue weighted by molar-refractivity contribution is 7.12. The van der Waals surface area contributed by atoms with Crippen molar-refractivity contribution < 1.29 is 28.4 Å². The van der Waals surface area contributed by atoms with E-state index in [4.69, 9.17) is 28.4 Å². The summed E-state index contributed by atoms with van der Waals surface area (Å²) in [5.41, 5.74) is 4.75. The van der Waals surface area contributed by atoms with Gasteiger partial charge < -0.3 is 53.3 Å². The zero-order valence-corrected chi connectivity index (χ0v) is 66.2. The number of methoxy groups -OCH3 is 3. The lowest BCUT2D eigenvalue weighted by molar-refractivity contribution is 0.327. The van der Waals surface area contributed by atoms with Crippen LogP contribution < -0.4 is 28.4 Å². The molecule has 0 radical (unpaired) electrons. The summed E-state index contributed by atoms with van der Waals surface area (Å²) in [6.07, 6.45) is 25.1. The van der Waals surface area contributed by atoms with Crippen LogP contribution in [0.4, 0.5) is 0 Å². The number of aromatic nitrogens is 10. The lowest BCUT2D eigenvalue weighted by Gasteiger charge is -1.97. The maximum Gasteiger partial charge on any atom is 0.213 e. The van der Waals surface area contributed by atoms with Gasteiger partial charge in [0.1, 0.15) is 0 Å². The Hall–Kier alpha value is -10.6. The molecule has 0 unspecified atom stereocenters. The van der Waals surface area contributed by atoms with E-state index in [0.29, 0.717) is 18.4 Å². The SMILES string of the molecule is CCOc1ccc[nH]1.CCOc1ccccn1.CCOc1cccs1.CCc1ccc[nH]1.CCc1ccccn1.CCc1cccs1.COc1ccc[nH]1.COc1ccccn1.COc1cccs1.Cc1ccc[nH]1.Cc1ccccn1.Cc1cccs1.c1cc[nH]c1.c1ccncc1.c1ccsc1. The van der Waals surface area contributed by atoms with Crippen molar-refractivity contribution in [3.05, 3.63) is 351 Å². The largest absolute Gasteiger partial charge is 0.487 e. The first-order chi connectivity index (χ1) is 51.1. The second-order valence-corrected chi connectivity index (χ2v) is 24.4. The molecule has 15 heterocycles. The van der Waals surface area contributed by atoms with Crippen molar-refractivity contribution in [3.63, 3.8) is 0 Å². The lowest BCUT2D eigenvalue weighted by atomic mass is 10.3. The van der Waals surface area contributed by atoms with E-state index in [0.717, 1.165) is 59.3 Å². The molecular weight excluding hydrogens is 1390 g/mol. The molecule has 0 aromatic carbocycles. The van der Waals surface area contributed by atoms with E-state index < -0.39 is 0 Å². The van der Waals surface area contributed by atoms with Gasteiger partial charge in [-0.25, -0.2) is 9.97 Å². The van der Waals surface area contributed by atoms with Crippen molar-refractivity contribution in [1.82, 2.24) is 49.8 Å². The highest BCUT2D eigenvalue weighted by Crippen LogP contribution is 2.18. The van der Waals surface area contributed by atoms with Crippen LogP contribution in [0.25, 0.3) is 0 Å². The van der Waals surface area contributed by atoms with E-state index in [1.54, 1.807) is 104 Å². The average Bonchev–Trinajstić information content (AvgIpc) is 2.92. The van der Waals surface area contributed by atoms with Crippen LogP contribution in [0.3, 0.4) is 0 Å². The third-order valence-electron chi connectivity index (χ3n) is 11.7. The van der Waals surface area contributed by atoms with Crippen LogP contribution >= 0.6 is 56.7 Å². The number of hydrogen-bond donors (Lipinski definition) is 5. The molecule has 15 aromatic heterocycles. The minimum absolute atomic E-state index is 0.660. The van der Waals surface area contributed by atoms with Crippen LogP contribution in [0.1, 0.15) is 74.1 Å². The zero-order valence-electron chi connectivity index (χ0n) is 62.1. The van der Waals surface area contributed by atoms with Crippen LogP contribution in [0.5, 0.6) is 33.6 Å². The number of hydrogen-bond acceptors (Lipinski definition) is 16. The van der Waals surface area contributed by atoms with Crippen molar-refractivity contribution in [3.8, 4) is 33.6 Å². The molecule has 0 saturated heterocycles. The topological polar surface area (TPSA) is 199 Å². The lowest BCUT2D eigenvalue weighted by Crippen LogP contribution is -1.92. The second-order valence-electron chi connectivity index (χ2n) is 19.6. The molecule has 0 amide bonds. The number of ether oxygens (including phenoxy) is 6. The predicted octanol–water partition coefficient (Wildman–Crippen LogP) is 23.1. The van der Waals surface area contributed by atoms with Crippen LogP contribution in [-0.4, -0.2) is 91.0 Å². The molecule has 0 saturated carbocycles. The Morgan fingerprint density at radius 3 is 1.14 bits per heavy atom. The number of rotatable bonds is 12. The van der Waals surface area contributed by atoms with Gasteiger partial charge in [0.25, 0.3) is 0 Å². The summed E-state index contributed by atoms with van der Waals surface area (Å²) < 4.78 is 29.8. The van der Waals surface area contributed by atoms with Crippen LogP contribution in [0.2, 0.25) is 0 Å². The summed E-state index contributed by atoms with van der Waals surface area (Å²) in [6.45, 7) is 20.6. The van der Waals surface area contributed by atoms with Gasteiger partial charge in [-0.05, 0) is 239 Å². The second kappa shape index (κ2) is 69.5. The third-order valence-corrected chi connectivity index (χ3v) is 15.7. The number of aryl methyl sites for hydroxylation is 6. The highest BCUT2D eigenvalue weighted by atomic mass is 32.1. The summed E-state index contributed by atoms with van der Waals surface area (Å²) in [6, 6.07) is 68.5. The molecule has 0 aliphatic carbocycles. The minimum Gasteiger partial charge on any atom is -0.487 e. The molecule has 21 heteroatoms. The van der Waals surface area contributed by atoms with Crippen LogP contribution in [-0.2, 0) is 19.3 Å². The molecule has 104 heavy (non-hydrogen) atoms. The van der Waals surface area contributed by atoms with E-state index in [-0.39, 0.29) is 0 Å². The van der Waals surface area contributed by atoms with Gasteiger partial charge in [0.2, 0.25) is 11.8 Å². The quantitative estimate of drug-likeness (QED) is 0.0780. The average molecular weight is 1500 g/mol. The highest BCUT2D eigenvalue weighted by Gasteiger charge is 1.90. The van der Waals surface area contributed by atoms with Gasteiger partial charge in [-0.2, -0.15) is 11.3 Å². The van der Waals surface area contributed by atoms with Gasteiger partial charge in [0.15, 0.2) is 21.9 Å². The number of H-pyrrole nitrogens is 5. The zero-order chi connectivity index (χ0) is 75.5. The number of aromatic amines is 5. The van der Waals surface area contributed by atoms with Crippen LogP contribution in [0, 0.1) is 20.8 Å². The Bertz CT molecular complexity index is 3510. The summed E-state index contributed by atoms with van der Waals surface area (Å²) in [5, 5.41) is 14.2. The van der Waals surface area contributed by atoms with Gasteiger partial charge in [-0.1, -0.05) is 75.4 Å². The van der Waals surface area contributed by atoms with Gasteiger partial charge in [-0.3, -0.25) is 15.0 Å². The van der Waals surface area contributed by atoms with E-state index in [2.05, 4.69) is 119 Å². The molecule has 5 N–H and O–H groups in total. The van der Waals surface area contributed by atoms with E-state index in [9.17, 15) is 0 Å². The molecule has 554 valence electrons. The number of thiophene rings is 5. The number of pyridine rings is 5. The normalized spacial score (nSPS) is 8.81. The monoisotopic (exact) mass is 1500 g/mol. The molecule has 0 atom stereocenters. The molecule has 0 bridgehead atoms. The predicted molar refractivity (Wildman–Crippen MR) is 442 cm³/mol. The smallest absolute Gasteiger partial charge is 0.213 e. The third kappa shape index (κ3) is 57.1. The van der Waals surface area contributed by atoms with Crippen molar-refractivity contribution in [1.29, 1.82) is 0 Å². The Morgan fingerprint density at radius 1 is 0.337 bits per heavy atom. The number of nitrogens with zero attached hydrogens (tertiary/aromatic N) is 5. The van der Waals surface area contributed by atoms with E-state index in [1.807, 2.05) is 287 Å². The first kappa shape index (κ1) is 91.5. The fourth-order valence-electron chi connectivity index (χ4n) is 6.67. The molecule has 16 nitrogen and oxygen atoms in total. The van der Waals surface area contributed by atoms with E-state index >= 15 is 0 Å². The van der Waals surface area contributed by atoms with E-state index in [1.165, 1.54) is 27.6 Å². The molecule has 0 aliphatic rings. The standard InChI is InChI=1S/C7H9NO.C7H9N.C6H7NO.C6H9NO.C6H7N.C6H9N.C6H8OS.C6H8S.C5H7NO.C5H7N.C5H5N.C5H6OS.C5H6S.C4H5N.C4H4S/c1-2-9-7-5-3-4-6-8-7;1-2-7-5-3-4-6-8-7;1-8-6-4-2-3-5-7-6;1-2-8-6-4-3-5-7-6;1-6-4-2-3-5-7-6;1-2-6-4-3-5-7-6;1-2-7-6-4-3-5-8-6;1-2-6-4-3-5-7-6;1-7-5-3-2-4-6-5;1-5-3-2-4-6-5;1-2-4-6-5-3-1;1-6-5-3-2-4-7-5;1-5-3-2-4-6-5;2*1-2-4-5-3-1/h3-6H,2H2,1H3;3-6H,2H2,1H3;2-5H,1H3;3-5,7H,2H2,1H3;2-5H,1H3;3-5,7H,2H2,1H3;3-5H,2H2,1H3;3-5H,2H2,1H3;2-4,6H,1H3;2-4,6H,1H3;1-5H;2-4H,1H3;2-4H,1H3;1-5H;1-4H. The van der Waals surface area contributed by atoms with Gasteiger partial charge in [0, 0.05) is 119 Å². The van der Waals surface area contributed by atoms with Crippen molar-refractivity contribution in [2.24, 2.45) is 0 Å². The maximum atomic E-state index is 5.16. The summed E-state index contributed by atoms with van der Waals surface area (Å²) in [4.78, 5) is 37.3. The van der Waals surface area contributed by atoms with Crippen molar-refractivity contribution >= 4 is 56.7 Å². The fourth-order valence-corrected chi connectivity index (χ4v) is 9.49. The summed E-state index contributed by atoms with van der Waals surface area (Å²) in [7, 11) is 4.90. The Kier molecular flexibility index (Phi) is 61.1. The van der Waals surface area contributed by atoms with Crippen molar-refractivity contribution in [2.45, 2.75) is 81.6 Å². The first-order valence-electron chi connectivity index (χ1n) is 33.7. The fraction of sp³-hybridized carbons (Fsp3) is 0.217. The Balaban J connectivity index is 0.000000558. The first-order valence-corrected chi connectivity index (χ1v) is 38.1. The molecule has 0 aliphatic heterocycles. The van der Waals surface area contributed by atoms with Gasteiger partial charge in [0.05, 0.1) is 41.2 Å². The summed E-state index contributed by atoms with van der Waals surface area (Å²) >= 11 is 8.54. The molecule has 0 spiro atoms. The molecule has 15 rings (SSSR count). The van der Waals surface area contributed by atoms with Gasteiger partial charge in [-0.15, -0.1) is 45.3 Å². The van der Waals surface area contributed by atoms with Crippen molar-refractivity contribution in [2.75, 3.05) is 41.2 Å². The molecule has 0 fully saturated rings. The number of nitrogens with one attached hydrogen (secondary N) is 5.